The van der Waals surface area contributed by atoms with Crippen LogP contribution in [0.2, 0.25) is 0 Å². The first-order chi connectivity index (χ1) is 8.83. The van der Waals surface area contributed by atoms with Crippen LogP contribution in [0, 0.1) is 0 Å². The number of rotatable bonds is 3. The van der Waals surface area contributed by atoms with Gasteiger partial charge in [-0.1, -0.05) is 6.07 Å². The van der Waals surface area contributed by atoms with Gasteiger partial charge in [-0.15, -0.1) is 0 Å². The van der Waals surface area contributed by atoms with Gasteiger partial charge in [0.15, 0.2) is 12.0 Å². The number of aliphatic hydroxyl groups excluding tert-OH is 1. The topological polar surface area (TPSA) is 78.6 Å². The lowest BCUT2D eigenvalue weighted by Crippen LogP contribution is -2.42. The number of fused-ring (bicyclic) bond motifs is 1. The molecular formula is C11H12N6O. The van der Waals surface area contributed by atoms with Gasteiger partial charge in [-0.3, -0.25) is 9.99 Å². The second kappa shape index (κ2) is 4.55. The van der Waals surface area contributed by atoms with Crippen molar-refractivity contribution in [2.24, 2.45) is 4.99 Å². The average molecular weight is 244 g/mol. The monoisotopic (exact) mass is 244 g/mol. The molecule has 0 aliphatic carbocycles. The van der Waals surface area contributed by atoms with Crippen LogP contribution in [0.25, 0.3) is 0 Å². The summed E-state index contributed by atoms with van der Waals surface area (Å²) in [6, 6.07) is 7.19. The molecule has 1 aliphatic rings. The SMILES string of the molecule is OC(NN1C=Nc2ccnn2C1)c1ccccn1. The lowest BCUT2D eigenvalue weighted by atomic mass is 10.3. The number of aliphatic imine (C=N–C) groups is 1. The largest absolute Gasteiger partial charge is 0.371 e. The van der Waals surface area contributed by atoms with Crippen LogP contribution >= 0.6 is 0 Å². The van der Waals surface area contributed by atoms with E-state index >= 15 is 0 Å². The third-order valence-corrected chi connectivity index (χ3v) is 2.57. The van der Waals surface area contributed by atoms with Gasteiger partial charge in [-0.2, -0.15) is 10.5 Å². The van der Waals surface area contributed by atoms with Gasteiger partial charge in [0.25, 0.3) is 0 Å². The second-order valence-corrected chi connectivity index (χ2v) is 3.83. The number of hydrazine groups is 1. The van der Waals surface area contributed by atoms with Gasteiger partial charge >= 0.3 is 0 Å². The Morgan fingerprint density at radius 1 is 1.28 bits per heavy atom. The summed E-state index contributed by atoms with van der Waals surface area (Å²) in [5.41, 5.74) is 3.43. The molecule has 18 heavy (non-hydrogen) atoms. The third kappa shape index (κ3) is 2.08. The van der Waals surface area contributed by atoms with Crippen molar-refractivity contribution >= 4 is 12.2 Å². The van der Waals surface area contributed by atoms with Gasteiger partial charge in [-0.05, 0) is 12.1 Å². The van der Waals surface area contributed by atoms with Gasteiger partial charge in [-0.25, -0.2) is 9.67 Å². The first-order valence-electron chi connectivity index (χ1n) is 5.51. The summed E-state index contributed by atoms with van der Waals surface area (Å²) < 4.78 is 1.72. The zero-order valence-electron chi connectivity index (χ0n) is 9.51. The molecule has 2 aromatic rings. The second-order valence-electron chi connectivity index (χ2n) is 3.83. The Labute approximate surface area is 103 Å². The van der Waals surface area contributed by atoms with Crippen molar-refractivity contribution in [3.8, 4) is 0 Å². The summed E-state index contributed by atoms with van der Waals surface area (Å²) in [5.74, 6) is 0.792. The summed E-state index contributed by atoms with van der Waals surface area (Å²) in [7, 11) is 0. The van der Waals surface area contributed by atoms with Crippen molar-refractivity contribution in [2.45, 2.75) is 12.9 Å². The van der Waals surface area contributed by atoms with Crippen LogP contribution < -0.4 is 5.43 Å². The lowest BCUT2D eigenvalue weighted by molar-refractivity contribution is 0.0546. The maximum atomic E-state index is 9.96. The van der Waals surface area contributed by atoms with Crippen LogP contribution in [0.5, 0.6) is 0 Å². The number of aliphatic hydroxyl groups is 1. The van der Waals surface area contributed by atoms with E-state index in [2.05, 4.69) is 20.5 Å². The van der Waals surface area contributed by atoms with E-state index in [1.165, 1.54) is 0 Å². The molecule has 0 saturated carbocycles. The fraction of sp³-hybridized carbons (Fsp3) is 0.182. The lowest BCUT2D eigenvalue weighted by Gasteiger charge is -2.26. The minimum absolute atomic E-state index is 0.482. The predicted octanol–water partition coefficient (Wildman–Crippen LogP) is 0.407. The highest BCUT2D eigenvalue weighted by Gasteiger charge is 2.15. The standard InChI is InChI=1S/C11H12N6O/c18-11(9-3-1-2-5-12-9)15-16-7-13-10-4-6-14-17(10)8-16/h1-7,11,15,18H,8H2. The van der Waals surface area contributed by atoms with E-state index in [9.17, 15) is 5.11 Å². The van der Waals surface area contributed by atoms with Crippen LogP contribution in [-0.2, 0) is 6.67 Å². The maximum Gasteiger partial charge on any atom is 0.164 e. The van der Waals surface area contributed by atoms with E-state index in [0.29, 0.717) is 12.4 Å². The van der Waals surface area contributed by atoms with Crippen LogP contribution in [0.15, 0.2) is 41.7 Å². The zero-order valence-corrected chi connectivity index (χ0v) is 9.51. The summed E-state index contributed by atoms with van der Waals surface area (Å²) in [5, 5.41) is 15.7. The van der Waals surface area contributed by atoms with E-state index < -0.39 is 6.23 Å². The molecule has 3 heterocycles. The molecule has 0 fully saturated rings. The number of nitrogens with one attached hydrogen (secondary N) is 1. The van der Waals surface area contributed by atoms with Crippen molar-refractivity contribution in [3.63, 3.8) is 0 Å². The van der Waals surface area contributed by atoms with Gasteiger partial charge in [0.2, 0.25) is 0 Å². The van der Waals surface area contributed by atoms with Gasteiger partial charge < -0.3 is 5.11 Å². The van der Waals surface area contributed by atoms with Gasteiger partial charge in [0, 0.05) is 12.3 Å². The molecule has 2 N–H and O–H groups in total. The molecule has 1 aliphatic heterocycles. The van der Waals surface area contributed by atoms with Crippen molar-refractivity contribution in [2.75, 3.05) is 0 Å². The van der Waals surface area contributed by atoms with Crippen LogP contribution in [0.4, 0.5) is 5.82 Å². The fourth-order valence-corrected chi connectivity index (χ4v) is 1.69. The van der Waals surface area contributed by atoms with Gasteiger partial charge in [0.05, 0.1) is 11.9 Å². The Morgan fingerprint density at radius 2 is 2.22 bits per heavy atom. The summed E-state index contributed by atoms with van der Waals surface area (Å²) in [4.78, 5) is 8.26. The van der Waals surface area contributed by atoms with Crippen LogP contribution in [0.3, 0.4) is 0 Å². The number of nitrogens with zero attached hydrogens (tertiary/aromatic N) is 5. The Kier molecular flexibility index (Phi) is 2.75. The molecule has 0 aromatic carbocycles. The van der Waals surface area contributed by atoms with E-state index in [0.717, 1.165) is 5.82 Å². The molecule has 0 bridgehead atoms. The van der Waals surface area contributed by atoms with Crippen molar-refractivity contribution < 1.29 is 5.11 Å². The Bertz CT molecular complexity index is 552. The quantitative estimate of drug-likeness (QED) is 0.764. The molecule has 0 saturated heterocycles. The van der Waals surface area contributed by atoms with Crippen molar-refractivity contribution in [1.82, 2.24) is 25.2 Å². The van der Waals surface area contributed by atoms with E-state index in [4.69, 9.17) is 0 Å². The molecule has 7 heteroatoms. The highest BCUT2D eigenvalue weighted by atomic mass is 16.3. The highest BCUT2D eigenvalue weighted by molar-refractivity contribution is 5.60. The number of hydrogen-bond donors (Lipinski definition) is 2. The highest BCUT2D eigenvalue weighted by Crippen LogP contribution is 2.15. The van der Waals surface area contributed by atoms with Crippen LogP contribution in [0.1, 0.15) is 11.9 Å². The Hall–Kier alpha value is -2.25. The minimum atomic E-state index is -0.880. The Balaban J connectivity index is 1.68. The third-order valence-electron chi connectivity index (χ3n) is 2.57. The Morgan fingerprint density at radius 3 is 3.06 bits per heavy atom. The molecule has 2 aromatic heterocycles. The number of hydrogen-bond acceptors (Lipinski definition) is 6. The average Bonchev–Trinajstić information content (AvgIpc) is 2.87. The molecule has 7 nitrogen and oxygen atoms in total. The van der Waals surface area contributed by atoms with Crippen molar-refractivity contribution in [3.05, 3.63) is 42.4 Å². The first kappa shape index (κ1) is 10.9. The van der Waals surface area contributed by atoms with E-state index in [-0.39, 0.29) is 0 Å². The molecule has 0 amide bonds. The molecule has 3 rings (SSSR count). The molecular weight excluding hydrogens is 232 g/mol. The first-order valence-corrected chi connectivity index (χ1v) is 5.51. The normalized spacial score (nSPS) is 15.5. The molecule has 1 atom stereocenters. The van der Waals surface area contributed by atoms with E-state index in [1.807, 2.05) is 12.1 Å². The minimum Gasteiger partial charge on any atom is -0.371 e. The van der Waals surface area contributed by atoms with Crippen molar-refractivity contribution in [1.29, 1.82) is 0 Å². The summed E-state index contributed by atoms with van der Waals surface area (Å²) in [6.07, 6.45) is 4.06. The molecule has 1 unspecified atom stereocenters. The zero-order chi connectivity index (χ0) is 12.4. The van der Waals surface area contributed by atoms with Crippen LogP contribution in [-0.4, -0.2) is 31.2 Å². The summed E-state index contributed by atoms with van der Waals surface area (Å²) >= 11 is 0. The number of pyridine rings is 1. The maximum absolute atomic E-state index is 9.96. The molecule has 92 valence electrons. The summed E-state index contributed by atoms with van der Waals surface area (Å²) in [6.45, 7) is 0.482. The van der Waals surface area contributed by atoms with E-state index in [1.54, 1.807) is 40.6 Å². The van der Waals surface area contributed by atoms with Gasteiger partial charge in [0.1, 0.15) is 13.0 Å². The predicted molar refractivity (Wildman–Crippen MR) is 64.6 cm³/mol. The number of aromatic nitrogens is 3. The smallest absolute Gasteiger partial charge is 0.164 e. The molecule has 0 radical (unpaired) electrons. The molecule has 0 spiro atoms. The fourth-order valence-electron chi connectivity index (χ4n) is 1.69.